The number of benzene rings is 2. The Balaban J connectivity index is 0.00000242. The average molecular weight is 320 g/mol. The zero-order chi connectivity index (χ0) is 15.2. The first-order chi connectivity index (χ1) is 10.1. The molecule has 2 rings (SSSR count). The highest BCUT2D eigenvalue weighted by Gasteiger charge is 2.25. The number of ether oxygens (including phenoxy) is 1. The summed E-state index contributed by atoms with van der Waals surface area (Å²) in [4.78, 5) is 11.8. The van der Waals surface area contributed by atoms with Gasteiger partial charge in [-0.05, 0) is 25.0 Å². The molecule has 2 aromatic carbocycles. The Bertz CT molecular complexity index is 533. The van der Waals surface area contributed by atoms with E-state index >= 15 is 0 Å². The quantitative estimate of drug-likeness (QED) is 0.858. The first-order valence-electron chi connectivity index (χ1n) is 7.15. The van der Waals surface area contributed by atoms with Crippen LogP contribution in [-0.4, -0.2) is 18.1 Å². The van der Waals surface area contributed by atoms with Gasteiger partial charge in [0.05, 0.1) is 0 Å². The lowest BCUT2D eigenvalue weighted by Gasteiger charge is -2.25. The second-order valence-electron chi connectivity index (χ2n) is 5.23. The standard InChI is InChI=1S/C18H21NO2.ClH/c1-13(19)18(20)21-14(2)17(15-9-5-3-6-10-15)16-11-7-4-8-12-16;/h3-14,17H,19H2,1-2H3;1H. The van der Waals surface area contributed by atoms with E-state index in [1.807, 2.05) is 67.6 Å². The van der Waals surface area contributed by atoms with Crippen LogP contribution in [0.2, 0.25) is 0 Å². The van der Waals surface area contributed by atoms with E-state index in [-0.39, 0.29) is 30.4 Å². The van der Waals surface area contributed by atoms with Gasteiger partial charge in [-0.2, -0.15) is 0 Å². The third-order valence-electron chi connectivity index (χ3n) is 3.46. The van der Waals surface area contributed by atoms with Crippen LogP contribution in [0.5, 0.6) is 0 Å². The summed E-state index contributed by atoms with van der Waals surface area (Å²) in [6, 6.07) is 19.5. The van der Waals surface area contributed by atoms with Crippen LogP contribution in [0.3, 0.4) is 0 Å². The lowest BCUT2D eigenvalue weighted by molar-refractivity contribution is -0.149. The molecule has 0 aliphatic heterocycles. The molecule has 0 amide bonds. The van der Waals surface area contributed by atoms with E-state index in [0.29, 0.717) is 0 Å². The van der Waals surface area contributed by atoms with Gasteiger partial charge >= 0.3 is 5.97 Å². The fourth-order valence-corrected chi connectivity index (χ4v) is 2.41. The number of nitrogens with two attached hydrogens (primary N) is 1. The molecular weight excluding hydrogens is 298 g/mol. The van der Waals surface area contributed by atoms with Crippen molar-refractivity contribution in [1.29, 1.82) is 0 Å². The van der Waals surface area contributed by atoms with Gasteiger partial charge in [-0.15, -0.1) is 12.4 Å². The Morgan fingerprint density at radius 1 is 0.909 bits per heavy atom. The van der Waals surface area contributed by atoms with Crippen molar-refractivity contribution in [3.05, 3.63) is 71.8 Å². The van der Waals surface area contributed by atoms with Gasteiger partial charge in [0.2, 0.25) is 0 Å². The molecule has 0 aliphatic carbocycles. The molecular formula is C18H22ClNO2. The number of carbonyl (C=O) groups is 1. The highest BCUT2D eigenvalue weighted by molar-refractivity contribution is 5.85. The van der Waals surface area contributed by atoms with Crippen LogP contribution in [-0.2, 0) is 9.53 Å². The van der Waals surface area contributed by atoms with E-state index < -0.39 is 6.04 Å². The van der Waals surface area contributed by atoms with Gasteiger partial charge in [0.25, 0.3) is 0 Å². The first kappa shape index (κ1) is 18.2. The largest absolute Gasteiger partial charge is 0.461 e. The maximum Gasteiger partial charge on any atom is 0.322 e. The van der Waals surface area contributed by atoms with Crippen LogP contribution in [0.1, 0.15) is 30.9 Å². The van der Waals surface area contributed by atoms with Gasteiger partial charge in [-0.1, -0.05) is 60.7 Å². The number of esters is 1. The maximum atomic E-state index is 11.8. The molecule has 0 bridgehead atoms. The third kappa shape index (κ3) is 4.58. The lowest BCUT2D eigenvalue weighted by Crippen LogP contribution is -2.33. The zero-order valence-corrected chi connectivity index (χ0v) is 13.6. The normalized spacial score (nSPS) is 13.1. The van der Waals surface area contributed by atoms with Gasteiger partial charge in [-0.3, -0.25) is 4.79 Å². The van der Waals surface area contributed by atoms with Crippen LogP contribution < -0.4 is 5.73 Å². The highest BCUT2D eigenvalue weighted by Crippen LogP contribution is 2.29. The summed E-state index contributed by atoms with van der Waals surface area (Å²) in [6.45, 7) is 3.54. The fourth-order valence-electron chi connectivity index (χ4n) is 2.41. The van der Waals surface area contributed by atoms with Gasteiger partial charge in [-0.25, -0.2) is 0 Å². The predicted octanol–water partition coefficient (Wildman–Crippen LogP) is 3.52. The minimum Gasteiger partial charge on any atom is -0.461 e. The molecule has 118 valence electrons. The second-order valence-corrected chi connectivity index (χ2v) is 5.23. The second kappa shape index (κ2) is 8.57. The predicted molar refractivity (Wildman–Crippen MR) is 91.2 cm³/mol. The summed E-state index contributed by atoms with van der Waals surface area (Å²) in [6.07, 6.45) is -0.284. The Kier molecular flexibility index (Phi) is 7.09. The topological polar surface area (TPSA) is 52.3 Å². The van der Waals surface area contributed by atoms with Crippen molar-refractivity contribution in [3.8, 4) is 0 Å². The Labute approximate surface area is 137 Å². The van der Waals surface area contributed by atoms with E-state index in [2.05, 4.69) is 0 Å². The van der Waals surface area contributed by atoms with Crippen molar-refractivity contribution in [2.24, 2.45) is 5.73 Å². The van der Waals surface area contributed by atoms with Crippen LogP contribution in [0.4, 0.5) is 0 Å². The number of rotatable bonds is 5. The van der Waals surface area contributed by atoms with Crippen molar-refractivity contribution in [1.82, 2.24) is 0 Å². The van der Waals surface area contributed by atoms with Crippen LogP contribution >= 0.6 is 12.4 Å². The molecule has 0 aliphatic rings. The molecule has 2 unspecified atom stereocenters. The zero-order valence-electron chi connectivity index (χ0n) is 12.8. The molecule has 22 heavy (non-hydrogen) atoms. The van der Waals surface area contributed by atoms with Gasteiger partial charge in [0.15, 0.2) is 0 Å². The smallest absolute Gasteiger partial charge is 0.322 e. The van der Waals surface area contributed by atoms with Gasteiger partial charge in [0.1, 0.15) is 12.1 Å². The van der Waals surface area contributed by atoms with Crippen LogP contribution in [0, 0.1) is 0 Å². The summed E-state index contributed by atoms with van der Waals surface area (Å²) in [7, 11) is 0. The summed E-state index contributed by atoms with van der Waals surface area (Å²) < 4.78 is 5.52. The summed E-state index contributed by atoms with van der Waals surface area (Å²) in [5.41, 5.74) is 7.83. The SMILES string of the molecule is CC(N)C(=O)OC(C)C(c1ccccc1)c1ccccc1.Cl. The molecule has 0 radical (unpaired) electrons. The number of hydrogen-bond donors (Lipinski definition) is 1. The van der Waals surface area contributed by atoms with Gasteiger partial charge in [0, 0.05) is 5.92 Å². The molecule has 0 heterocycles. The van der Waals surface area contributed by atoms with Crippen molar-refractivity contribution in [3.63, 3.8) is 0 Å². The molecule has 0 saturated carbocycles. The van der Waals surface area contributed by atoms with Crippen molar-refractivity contribution < 1.29 is 9.53 Å². The molecule has 4 heteroatoms. The Morgan fingerprint density at radius 3 is 1.68 bits per heavy atom. The molecule has 3 nitrogen and oxygen atoms in total. The summed E-state index contributed by atoms with van der Waals surface area (Å²) in [5, 5.41) is 0. The molecule has 0 saturated heterocycles. The molecule has 2 atom stereocenters. The number of hydrogen-bond acceptors (Lipinski definition) is 3. The molecule has 0 spiro atoms. The average Bonchev–Trinajstić information content (AvgIpc) is 2.49. The fraction of sp³-hybridized carbons (Fsp3) is 0.278. The van der Waals surface area contributed by atoms with Crippen molar-refractivity contribution in [2.75, 3.05) is 0 Å². The number of carbonyl (C=O) groups excluding carboxylic acids is 1. The molecule has 2 N–H and O–H groups in total. The van der Waals surface area contributed by atoms with Crippen molar-refractivity contribution >= 4 is 18.4 Å². The highest BCUT2D eigenvalue weighted by atomic mass is 35.5. The number of halogens is 1. The van der Waals surface area contributed by atoms with Crippen molar-refractivity contribution in [2.45, 2.75) is 31.9 Å². The lowest BCUT2D eigenvalue weighted by atomic mass is 9.87. The third-order valence-corrected chi connectivity index (χ3v) is 3.46. The van der Waals surface area contributed by atoms with E-state index in [1.165, 1.54) is 0 Å². The molecule has 0 fully saturated rings. The summed E-state index contributed by atoms with van der Waals surface area (Å²) in [5.74, 6) is -0.380. The van der Waals surface area contributed by atoms with Gasteiger partial charge < -0.3 is 10.5 Å². The van der Waals surface area contributed by atoms with E-state index in [9.17, 15) is 4.79 Å². The van der Waals surface area contributed by atoms with E-state index in [1.54, 1.807) is 6.92 Å². The first-order valence-corrected chi connectivity index (χ1v) is 7.15. The van der Waals surface area contributed by atoms with Crippen LogP contribution in [0.25, 0.3) is 0 Å². The molecule has 0 aromatic heterocycles. The minimum absolute atomic E-state index is 0. The van der Waals surface area contributed by atoms with E-state index in [4.69, 9.17) is 10.5 Å². The van der Waals surface area contributed by atoms with E-state index in [0.717, 1.165) is 11.1 Å². The monoisotopic (exact) mass is 319 g/mol. The van der Waals surface area contributed by atoms with Crippen LogP contribution in [0.15, 0.2) is 60.7 Å². The molecule has 2 aromatic rings. The maximum absolute atomic E-state index is 11.8. The minimum atomic E-state index is -0.611. The summed E-state index contributed by atoms with van der Waals surface area (Å²) >= 11 is 0. The Hall–Kier alpha value is -1.84. The Morgan fingerprint density at radius 2 is 1.32 bits per heavy atom.